The number of aromatic nitrogens is 2. The van der Waals surface area contributed by atoms with Crippen molar-refractivity contribution in [2.24, 2.45) is 5.92 Å². The number of aryl methyl sites for hydroxylation is 1. The highest BCUT2D eigenvalue weighted by atomic mass is 79.9. The molecule has 0 aromatic carbocycles. The van der Waals surface area contributed by atoms with Crippen LogP contribution in [0.2, 0.25) is 0 Å². The van der Waals surface area contributed by atoms with Crippen LogP contribution in [0.15, 0.2) is 10.7 Å². The predicted molar refractivity (Wildman–Crippen MR) is 66.5 cm³/mol. The molecule has 2 atom stereocenters. The molecule has 2 rings (SSSR count). The van der Waals surface area contributed by atoms with Crippen LogP contribution in [0.4, 0.5) is 0 Å². The number of hydrogen-bond acceptors (Lipinski definition) is 3. The van der Waals surface area contributed by atoms with E-state index in [4.69, 9.17) is 4.74 Å². The molecule has 0 spiro atoms. The zero-order chi connectivity index (χ0) is 11.5. The summed E-state index contributed by atoms with van der Waals surface area (Å²) in [5.74, 6) is 2.21. The lowest BCUT2D eigenvalue weighted by Crippen LogP contribution is -2.24. The highest BCUT2D eigenvalue weighted by Gasteiger charge is 2.20. The van der Waals surface area contributed by atoms with Crippen molar-refractivity contribution < 1.29 is 4.74 Å². The van der Waals surface area contributed by atoms with E-state index < -0.39 is 0 Å². The van der Waals surface area contributed by atoms with E-state index in [0.717, 1.165) is 29.2 Å². The van der Waals surface area contributed by atoms with Crippen molar-refractivity contribution in [3.8, 4) is 5.88 Å². The Morgan fingerprint density at radius 1 is 1.38 bits per heavy atom. The minimum Gasteiger partial charge on any atom is -0.474 e. The van der Waals surface area contributed by atoms with Gasteiger partial charge in [0.15, 0.2) is 0 Å². The van der Waals surface area contributed by atoms with Gasteiger partial charge in [-0.1, -0.05) is 13.3 Å². The first-order valence-corrected chi connectivity index (χ1v) is 6.60. The first-order valence-electron chi connectivity index (χ1n) is 5.81. The molecule has 0 bridgehead atoms. The third-order valence-corrected chi connectivity index (χ3v) is 3.37. The van der Waals surface area contributed by atoms with Crippen molar-refractivity contribution in [1.82, 2.24) is 9.97 Å². The summed E-state index contributed by atoms with van der Waals surface area (Å²) >= 11 is 3.36. The summed E-state index contributed by atoms with van der Waals surface area (Å²) in [6, 6.07) is 1.84. The fraction of sp³-hybridized carbons (Fsp3) is 0.667. The maximum Gasteiger partial charge on any atom is 0.217 e. The van der Waals surface area contributed by atoms with Gasteiger partial charge in [0.25, 0.3) is 0 Å². The standard InChI is InChI=1S/C12H17BrN2O/c1-8-4-3-5-10(6-8)16-12-7-11(13)14-9(2)15-12/h7-8,10H,3-6H2,1-2H3. The quantitative estimate of drug-likeness (QED) is 0.780. The summed E-state index contributed by atoms with van der Waals surface area (Å²) in [5, 5.41) is 0. The Morgan fingerprint density at radius 2 is 2.19 bits per heavy atom. The summed E-state index contributed by atoms with van der Waals surface area (Å²) in [4.78, 5) is 8.46. The van der Waals surface area contributed by atoms with E-state index in [1.54, 1.807) is 0 Å². The van der Waals surface area contributed by atoms with E-state index in [1.165, 1.54) is 12.8 Å². The van der Waals surface area contributed by atoms with Crippen molar-refractivity contribution in [1.29, 1.82) is 0 Å². The van der Waals surface area contributed by atoms with Crippen molar-refractivity contribution in [2.75, 3.05) is 0 Å². The van der Waals surface area contributed by atoms with E-state index in [-0.39, 0.29) is 0 Å². The number of ether oxygens (including phenoxy) is 1. The van der Waals surface area contributed by atoms with Crippen LogP contribution in [-0.2, 0) is 0 Å². The van der Waals surface area contributed by atoms with E-state index in [2.05, 4.69) is 32.8 Å². The molecule has 0 radical (unpaired) electrons. The van der Waals surface area contributed by atoms with Crippen LogP contribution in [0.1, 0.15) is 38.4 Å². The molecule has 88 valence electrons. The van der Waals surface area contributed by atoms with E-state index >= 15 is 0 Å². The Labute approximate surface area is 105 Å². The zero-order valence-electron chi connectivity index (χ0n) is 9.74. The third kappa shape index (κ3) is 3.17. The zero-order valence-corrected chi connectivity index (χ0v) is 11.3. The number of rotatable bonds is 2. The molecule has 4 heteroatoms. The van der Waals surface area contributed by atoms with Crippen molar-refractivity contribution >= 4 is 15.9 Å². The maximum absolute atomic E-state index is 5.91. The Bertz CT molecular complexity index is 350. The fourth-order valence-electron chi connectivity index (χ4n) is 2.22. The lowest BCUT2D eigenvalue weighted by atomic mass is 9.89. The lowest BCUT2D eigenvalue weighted by molar-refractivity contribution is 0.123. The number of nitrogens with zero attached hydrogens (tertiary/aromatic N) is 2. The van der Waals surface area contributed by atoms with Crippen molar-refractivity contribution in [3.05, 3.63) is 16.5 Å². The van der Waals surface area contributed by atoms with Gasteiger partial charge in [0.05, 0.1) is 0 Å². The van der Waals surface area contributed by atoms with Crippen LogP contribution in [0.3, 0.4) is 0 Å². The molecule has 0 aliphatic heterocycles. The Morgan fingerprint density at radius 3 is 2.88 bits per heavy atom. The molecule has 1 saturated carbocycles. The third-order valence-electron chi connectivity index (χ3n) is 2.96. The fourth-order valence-corrected chi connectivity index (χ4v) is 2.67. The van der Waals surface area contributed by atoms with Crippen LogP contribution in [0.5, 0.6) is 5.88 Å². The molecular formula is C12H17BrN2O. The summed E-state index contributed by atoms with van der Waals surface area (Å²) in [5.41, 5.74) is 0. The molecule has 1 fully saturated rings. The molecule has 3 nitrogen and oxygen atoms in total. The van der Waals surface area contributed by atoms with Crippen LogP contribution < -0.4 is 4.74 Å². The second-order valence-electron chi connectivity index (χ2n) is 4.59. The van der Waals surface area contributed by atoms with E-state index in [1.807, 2.05) is 13.0 Å². The van der Waals surface area contributed by atoms with Crippen LogP contribution in [-0.4, -0.2) is 16.1 Å². The van der Waals surface area contributed by atoms with Gasteiger partial charge in [0.1, 0.15) is 16.5 Å². The van der Waals surface area contributed by atoms with E-state index in [9.17, 15) is 0 Å². The van der Waals surface area contributed by atoms with Gasteiger partial charge in [0.2, 0.25) is 5.88 Å². The average molecular weight is 285 g/mol. The van der Waals surface area contributed by atoms with Gasteiger partial charge in [-0.05, 0) is 48.0 Å². The molecule has 1 aromatic heterocycles. The molecular weight excluding hydrogens is 268 g/mol. The first-order chi connectivity index (χ1) is 7.63. The average Bonchev–Trinajstić information content (AvgIpc) is 2.15. The first kappa shape index (κ1) is 11.8. The SMILES string of the molecule is Cc1nc(Br)cc(OC2CCCC(C)C2)n1. The highest BCUT2D eigenvalue weighted by Crippen LogP contribution is 2.27. The molecule has 1 aliphatic rings. The second-order valence-corrected chi connectivity index (χ2v) is 5.40. The summed E-state index contributed by atoms with van der Waals surface area (Å²) in [7, 11) is 0. The van der Waals surface area contributed by atoms with Crippen LogP contribution in [0.25, 0.3) is 0 Å². The topological polar surface area (TPSA) is 35.0 Å². The molecule has 1 aromatic rings. The monoisotopic (exact) mass is 284 g/mol. The predicted octanol–water partition coefficient (Wildman–Crippen LogP) is 3.51. The second kappa shape index (κ2) is 5.13. The molecule has 2 unspecified atom stereocenters. The van der Waals surface area contributed by atoms with Gasteiger partial charge >= 0.3 is 0 Å². The van der Waals surface area contributed by atoms with Crippen LogP contribution >= 0.6 is 15.9 Å². The van der Waals surface area contributed by atoms with Crippen LogP contribution in [0, 0.1) is 12.8 Å². The Hall–Kier alpha value is -0.640. The normalized spacial score (nSPS) is 25.4. The molecule has 16 heavy (non-hydrogen) atoms. The smallest absolute Gasteiger partial charge is 0.217 e. The minimum atomic E-state index is 0.324. The van der Waals surface area contributed by atoms with Gasteiger partial charge in [-0.15, -0.1) is 0 Å². The highest BCUT2D eigenvalue weighted by molar-refractivity contribution is 9.10. The van der Waals surface area contributed by atoms with Gasteiger partial charge in [-0.3, -0.25) is 0 Å². The molecule has 0 saturated heterocycles. The Balaban J connectivity index is 2.02. The lowest BCUT2D eigenvalue weighted by Gasteiger charge is -2.26. The largest absolute Gasteiger partial charge is 0.474 e. The maximum atomic E-state index is 5.91. The number of halogens is 1. The molecule has 0 N–H and O–H groups in total. The van der Waals surface area contributed by atoms with Gasteiger partial charge in [0, 0.05) is 6.07 Å². The Kier molecular flexibility index (Phi) is 3.79. The van der Waals surface area contributed by atoms with Crippen molar-refractivity contribution in [2.45, 2.75) is 45.6 Å². The van der Waals surface area contributed by atoms with Gasteiger partial charge in [-0.25, -0.2) is 4.98 Å². The molecule has 1 aliphatic carbocycles. The molecule has 0 amide bonds. The van der Waals surface area contributed by atoms with Crippen molar-refractivity contribution in [3.63, 3.8) is 0 Å². The van der Waals surface area contributed by atoms with Gasteiger partial charge in [-0.2, -0.15) is 4.98 Å². The molecule has 1 heterocycles. The number of hydrogen-bond donors (Lipinski definition) is 0. The summed E-state index contributed by atoms with van der Waals surface area (Å²) in [6.45, 7) is 4.16. The van der Waals surface area contributed by atoms with Gasteiger partial charge < -0.3 is 4.74 Å². The summed E-state index contributed by atoms with van der Waals surface area (Å²) in [6.07, 6.45) is 5.19. The van der Waals surface area contributed by atoms with E-state index in [0.29, 0.717) is 12.0 Å². The summed E-state index contributed by atoms with van der Waals surface area (Å²) < 4.78 is 6.70. The minimum absolute atomic E-state index is 0.324.